The Hall–Kier alpha value is -3.48. The molecule has 2 atom stereocenters. The number of nitrogens with one attached hydrogen (secondary N) is 1. The van der Waals surface area contributed by atoms with Crippen LogP contribution < -0.4 is 16.0 Å². The van der Waals surface area contributed by atoms with Crippen LogP contribution in [0.4, 0.5) is 35.2 Å². The number of nitrogens with two attached hydrogens (primary N) is 1. The van der Waals surface area contributed by atoms with Crippen molar-refractivity contribution in [1.29, 1.82) is 5.26 Å². The molecule has 30 heavy (non-hydrogen) atoms. The summed E-state index contributed by atoms with van der Waals surface area (Å²) in [6, 6.07) is 7.62. The number of anilines is 3. The molecule has 3 rings (SSSR count). The summed E-state index contributed by atoms with van der Waals surface area (Å²) in [5.41, 5.74) is 5.12. The van der Waals surface area contributed by atoms with Crippen LogP contribution in [0.25, 0.3) is 0 Å². The maximum atomic E-state index is 13.3. The van der Waals surface area contributed by atoms with E-state index in [2.05, 4.69) is 10.3 Å². The Balaban J connectivity index is 1.78. The number of amides is 2. The van der Waals surface area contributed by atoms with Gasteiger partial charge < -0.3 is 20.9 Å². The quantitative estimate of drug-likeness (QED) is 0.775. The first-order valence-electron chi connectivity index (χ1n) is 9.27. The molecule has 10 heteroatoms. The Bertz CT molecular complexity index is 987. The second kappa shape index (κ2) is 8.10. The third-order valence-electron chi connectivity index (χ3n) is 5.04. The van der Waals surface area contributed by atoms with E-state index in [9.17, 15) is 18.0 Å². The third-order valence-corrected chi connectivity index (χ3v) is 5.04. The number of urea groups is 1. The van der Waals surface area contributed by atoms with Crippen LogP contribution in [0.5, 0.6) is 0 Å². The molecule has 0 unspecified atom stereocenters. The van der Waals surface area contributed by atoms with E-state index in [1.54, 1.807) is 17.0 Å². The van der Waals surface area contributed by atoms with E-state index in [1.807, 2.05) is 18.7 Å². The number of pyridine rings is 1. The minimum atomic E-state index is -4.62. The summed E-state index contributed by atoms with van der Waals surface area (Å²) in [6.07, 6.45) is -3.14. The van der Waals surface area contributed by atoms with Crippen LogP contribution in [0, 0.1) is 11.3 Å². The molecule has 2 heterocycles. The average molecular weight is 418 g/mol. The van der Waals surface area contributed by atoms with E-state index < -0.39 is 17.3 Å². The number of hydrogen-bond acceptors (Lipinski definition) is 5. The number of nitriles is 1. The van der Waals surface area contributed by atoms with Gasteiger partial charge in [-0.3, -0.25) is 0 Å². The zero-order valence-corrected chi connectivity index (χ0v) is 16.4. The summed E-state index contributed by atoms with van der Waals surface area (Å²) in [7, 11) is 0. The number of piperazine rings is 1. The number of alkyl halides is 3. The summed E-state index contributed by atoms with van der Waals surface area (Å²) in [4.78, 5) is 20.0. The number of rotatable bonds is 2. The first kappa shape index (κ1) is 21.2. The standard InChI is InChI=1S/C20H21F3N6O/c1-12-11-29(19(30)27-15-5-6-26-18(25)7-15)13(2)10-28(12)16-4-3-14(9-24)17(8-16)20(21,22)23/h3-8,12-13H,10-11H2,1-2H3,(H3,25,26,27,30)/t12-,13+/m1/s1. The highest BCUT2D eigenvalue weighted by Crippen LogP contribution is 2.35. The van der Waals surface area contributed by atoms with Crippen molar-refractivity contribution in [2.75, 3.05) is 29.0 Å². The van der Waals surface area contributed by atoms with E-state index in [0.29, 0.717) is 24.5 Å². The largest absolute Gasteiger partial charge is 0.417 e. The van der Waals surface area contributed by atoms with Gasteiger partial charge in [-0.1, -0.05) is 0 Å². The number of benzene rings is 1. The van der Waals surface area contributed by atoms with E-state index in [0.717, 1.165) is 6.07 Å². The van der Waals surface area contributed by atoms with Gasteiger partial charge in [0.05, 0.1) is 17.2 Å². The second-order valence-corrected chi connectivity index (χ2v) is 7.24. The lowest BCUT2D eigenvalue weighted by atomic mass is 10.0. The molecule has 1 aromatic carbocycles. The van der Waals surface area contributed by atoms with Gasteiger partial charge >= 0.3 is 12.2 Å². The molecule has 7 nitrogen and oxygen atoms in total. The van der Waals surface area contributed by atoms with Crippen molar-refractivity contribution < 1.29 is 18.0 Å². The van der Waals surface area contributed by atoms with Gasteiger partial charge in [-0.15, -0.1) is 0 Å². The number of halogens is 3. The van der Waals surface area contributed by atoms with Gasteiger partial charge in [0.1, 0.15) is 5.82 Å². The number of hydrogen-bond donors (Lipinski definition) is 2. The van der Waals surface area contributed by atoms with Crippen molar-refractivity contribution in [3.05, 3.63) is 47.7 Å². The number of carbonyl (C=O) groups excluding carboxylic acids is 1. The normalized spacial score (nSPS) is 19.3. The van der Waals surface area contributed by atoms with Crippen molar-refractivity contribution >= 4 is 23.2 Å². The molecule has 158 valence electrons. The minimum Gasteiger partial charge on any atom is -0.384 e. The van der Waals surface area contributed by atoms with Crippen molar-refractivity contribution in [3.63, 3.8) is 0 Å². The SMILES string of the molecule is C[C@@H]1CN(C(=O)Nc2ccnc(N)c2)[C@@H](C)CN1c1ccc(C#N)c(C(F)(F)F)c1. The fraction of sp³-hybridized carbons (Fsp3) is 0.350. The zero-order chi connectivity index (χ0) is 22.1. The molecule has 0 spiro atoms. The summed E-state index contributed by atoms with van der Waals surface area (Å²) >= 11 is 0. The number of nitrogens with zero attached hydrogens (tertiary/aromatic N) is 4. The van der Waals surface area contributed by atoms with Crippen LogP contribution in [0.15, 0.2) is 36.5 Å². The van der Waals surface area contributed by atoms with Gasteiger partial charge in [-0.2, -0.15) is 18.4 Å². The molecule has 2 amide bonds. The van der Waals surface area contributed by atoms with Crippen LogP contribution in [0.2, 0.25) is 0 Å². The molecule has 1 saturated heterocycles. The molecule has 0 radical (unpaired) electrons. The van der Waals surface area contributed by atoms with Crippen LogP contribution >= 0.6 is 0 Å². The number of carbonyl (C=O) groups is 1. The van der Waals surface area contributed by atoms with Gasteiger partial charge in [0.25, 0.3) is 0 Å². The van der Waals surface area contributed by atoms with E-state index in [1.165, 1.54) is 24.4 Å². The summed E-state index contributed by atoms with van der Waals surface area (Å²) in [5.74, 6) is 0.278. The maximum absolute atomic E-state index is 13.3. The van der Waals surface area contributed by atoms with Crippen LogP contribution in [-0.4, -0.2) is 41.1 Å². The van der Waals surface area contributed by atoms with Gasteiger partial charge in [0.15, 0.2) is 0 Å². The van der Waals surface area contributed by atoms with Crippen LogP contribution in [-0.2, 0) is 6.18 Å². The minimum absolute atomic E-state index is 0.233. The lowest BCUT2D eigenvalue weighted by Gasteiger charge is -2.45. The predicted molar refractivity (Wildman–Crippen MR) is 107 cm³/mol. The monoisotopic (exact) mass is 418 g/mol. The molecule has 1 aliphatic rings. The van der Waals surface area contributed by atoms with Crippen molar-refractivity contribution in [2.24, 2.45) is 0 Å². The van der Waals surface area contributed by atoms with Crippen molar-refractivity contribution in [2.45, 2.75) is 32.1 Å². The van der Waals surface area contributed by atoms with Crippen molar-refractivity contribution in [3.8, 4) is 6.07 Å². The summed E-state index contributed by atoms with van der Waals surface area (Å²) in [6.45, 7) is 4.32. The Kier molecular flexibility index (Phi) is 5.73. The predicted octanol–water partition coefficient (Wildman–Crippen LogP) is 3.69. The molecule has 1 fully saturated rings. The molecule has 0 bridgehead atoms. The zero-order valence-electron chi connectivity index (χ0n) is 16.4. The Morgan fingerprint density at radius 1 is 1.23 bits per heavy atom. The van der Waals surface area contributed by atoms with Gasteiger partial charge in [-0.05, 0) is 38.1 Å². The summed E-state index contributed by atoms with van der Waals surface area (Å²) in [5, 5.41) is 11.8. The van der Waals surface area contributed by atoms with Gasteiger partial charge in [-0.25, -0.2) is 9.78 Å². The highest BCUT2D eigenvalue weighted by molar-refractivity contribution is 5.90. The Morgan fingerprint density at radius 2 is 1.97 bits per heavy atom. The molecule has 0 aliphatic carbocycles. The van der Waals surface area contributed by atoms with Crippen molar-refractivity contribution in [1.82, 2.24) is 9.88 Å². The second-order valence-electron chi connectivity index (χ2n) is 7.24. The Labute approximate surface area is 171 Å². The number of aromatic nitrogens is 1. The molecule has 1 aliphatic heterocycles. The first-order valence-corrected chi connectivity index (χ1v) is 9.27. The Morgan fingerprint density at radius 3 is 2.60 bits per heavy atom. The molecular formula is C20H21F3N6O. The molecule has 3 N–H and O–H groups in total. The average Bonchev–Trinajstić information content (AvgIpc) is 2.68. The van der Waals surface area contributed by atoms with Gasteiger partial charge in [0, 0.05) is 48.8 Å². The van der Waals surface area contributed by atoms with Crippen LogP contribution in [0.3, 0.4) is 0 Å². The number of nitrogen functional groups attached to an aromatic ring is 1. The van der Waals surface area contributed by atoms with E-state index >= 15 is 0 Å². The van der Waals surface area contributed by atoms with Crippen LogP contribution in [0.1, 0.15) is 25.0 Å². The highest BCUT2D eigenvalue weighted by atomic mass is 19.4. The molecule has 2 aromatic rings. The maximum Gasteiger partial charge on any atom is 0.417 e. The van der Waals surface area contributed by atoms with E-state index in [4.69, 9.17) is 11.0 Å². The van der Waals surface area contributed by atoms with E-state index in [-0.39, 0.29) is 23.9 Å². The lowest BCUT2D eigenvalue weighted by Crippen LogP contribution is -2.59. The topological polar surface area (TPSA) is 98.3 Å². The first-order chi connectivity index (χ1) is 14.1. The molecule has 0 saturated carbocycles. The third kappa shape index (κ3) is 4.40. The fourth-order valence-corrected chi connectivity index (χ4v) is 3.53. The highest BCUT2D eigenvalue weighted by Gasteiger charge is 2.36. The summed E-state index contributed by atoms with van der Waals surface area (Å²) < 4.78 is 39.9. The van der Waals surface area contributed by atoms with Gasteiger partial charge in [0.2, 0.25) is 0 Å². The lowest BCUT2D eigenvalue weighted by molar-refractivity contribution is -0.137. The molecule has 1 aromatic heterocycles. The smallest absolute Gasteiger partial charge is 0.384 e. The molecular weight excluding hydrogens is 397 g/mol. The fourth-order valence-electron chi connectivity index (χ4n) is 3.53.